The third kappa shape index (κ3) is 2.84. The van der Waals surface area contributed by atoms with Gasteiger partial charge in [-0.25, -0.2) is 21.6 Å². The summed E-state index contributed by atoms with van der Waals surface area (Å²) in [4.78, 5) is -1.23. The summed E-state index contributed by atoms with van der Waals surface area (Å²) in [6.45, 7) is 1.79. The van der Waals surface area contributed by atoms with E-state index < -0.39 is 38.1 Å². The second-order valence-electron chi connectivity index (χ2n) is 4.16. The average molecular weight is 281 g/mol. The van der Waals surface area contributed by atoms with E-state index in [0.717, 1.165) is 6.07 Å². The quantitative estimate of drug-likeness (QED) is 0.858. The fraction of sp³-hybridized carbons (Fsp3) is 0.455. The highest BCUT2D eigenvalue weighted by Gasteiger charge is 2.27. The van der Waals surface area contributed by atoms with Gasteiger partial charge in [-0.3, -0.25) is 0 Å². The summed E-state index contributed by atoms with van der Waals surface area (Å²) >= 11 is 0. The normalized spacial score (nSPS) is 13.7. The molecule has 7 heteroatoms. The van der Waals surface area contributed by atoms with Crippen LogP contribution in [0.5, 0.6) is 0 Å². The lowest BCUT2D eigenvalue weighted by atomic mass is 9.97. The molecule has 0 saturated heterocycles. The van der Waals surface area contributed by atoms with Gasteiger partial charge in [0.2, 0.25) is 0 Å². The van der Waals surface area contributed by atoms with Crippen LogP contribution in [0.25, 0.3) is 0 Å². The Labute approximate surface area is 104 Å². The van der Waals surface area contributed by atoms with E-state index in [9.17, 15) is 21.6 Å². The molecule has 0 aromatic heterocycles. The summed E-state index contributed by atoms with van der Waals surface area (Å²) in [5, 5.41) is 0. The number of halogens is 3. The van der Waals surface area contributed by atoms with Gasteiger partial charge >= 0.3 is 0 Å². The number of rotatable bonds is 4. The van der Waals surface area contributed by atoms with Crippen LogP contribution in [0.4, 0.5) is 13.2 Å². The maximum atomic E-state index is 13.7. The molecule has 2 N–H and O–H groups in total. The van der Waals surface area contributed by atoms with E-state index in [1.807, 2.05) is 0 Å². The van der Waals surface area contributed by atoms with Crippen LogP contribution in [-0.4, -0.2) is 21.2 Å². The lowest BCUT2D eigenvalue weighted by Gasteiger charge is -2.14. The Morgan fingerprint density at radius 1 is 1.28 bits per heavy atom. The highest BCUT2D eigenvalue weighted by molar-refractivity contribution is 7.90. The third-order valence-electron chi connectivity index (χ3n) is 2.65. The summed E-state index contributed by atoms with van der Waals surface area (Å²) in [6, 6.07) is 0.717. The van der Waals surface area contributed by atoms with Gasteiger partial charge in [-0.2, -0.15) is 0 Å². The van der Waals surface area contributed by atoms with Crippen LogP contribution < -0.4 is 5.73 Å². The molecule has 102 valence electrons. The van der Waals surface area contributed by atoms with Crippen molar-refractivity contribution in [3.63, 3.8) is 0 Å². The van der Waals surface area contributed by atoms with Crippen LogP contribution in [-0.2, 0) is 9.84 Å². The molecule has 3 nitrogen and oxygen atoms in total. The first-order valence-corrected chi connectivity index (χ1v) is 7.16. The molecule has 0 fully saturated rings. The van der Waals surface area contributed by atoms with Gasteiger partial charge in [0.25, 0.3) is 0 Å². The summed E-state index contributed by atoms with van der Waals surface area (Å²) in [7, 11) is -4.16. The molecule has 0 aliphatic rings. The second-order valence-corrected chi connectivity index (χ2v) is 6.11. The number of benzene rings is 1. The summed E-state index contributed by atoms with van der Waals surface area (Å²) in [5.41, 5.74) is 5.08. The van der Waals surface area contributed by atoms with Crippen molar-refractivity contribution in [2.24, 2.45) is 5.73 Å². The zero-order chi connectivity index (χ0) is 14.1. The van der Waals surface area contributed by atoms with Crippen LogP contribution in [0, 0.1) is 17.5 Å². The Morgan fingerprint density at radius 3 is 2.28 bits per heavy atom. The first-order valence-electron chi connectivity index (χ1n) is 5.27. The highest BCUT2D eigenvalue weighted by Crippen LogP contribution is 2.29. The van der Waals surface area contributed by atoms with Crippen molar-refractivity contribution in [3.8, 4) is 0 Å². The summed E-state index contributed by atoms with van der Waals surface area (Å²) in [6.07, 6.45) is 0.963. The maximum absolute atomic E-state index is 13.7. The predicted octanol–water partition coefficient (Wildman–Crippen LogP) is 1.96. The minimum absolute atomic E-state index is 0.206. The van der Waals surface area contributed by atoms with Gasteiger partial charge in [-0.15, -0.1) is 0 Å². The molecule has 1 atom stereocenters. The molecular weight excluding hydrogens is 267 g/mol. The van der Waals surface area contributed by atoms with E-state index in [4.69, 9.17) is 5.73 Å². The Hall–Kier alpha value is -1.08. The molecule has 0 aliphatic carbocycles. The predicted molar refractivity (Wildman–Crippen MR) is 61.5 cm³/mol. The van der Waals surface area contributed by atoms with Crippen molar-refractivity contribution in [1.82, 2.24) is 0 Å². The van der Waals surface area contributed by atoms with Crippen molar-refractivity contribution < 1.29 is 21.6 Å². The van der Waals surface area contributed by atoms with Gasteiger partial charge < -0.3 is 5.73 Å². The molecule has 1 unspecified atom stereocenters. The molecule has 18 heavy (non-hydrogen) atoms. The molecule has 0 amide bonds. The largest absolute Gasteiger partial charge is 0.330 e. The molecule has 0 radical (unpaired) electrons. The topological polar surface area (TPSA) is 60.2 Å². The maximum Gasteiger partial charge on any atom is 0.181 e. The molecule has 0 heterocycles. The molecule has 1 aromatic rings. The van der Waals surface area contributed by atoms with Gasteiger partial charge in [0.1, 0.15) is 10.7 Å². The van der Waals surface area contributed by atoms with Crippen molar-refractivity contribution >= 4 is 9.84 Å². The number of sulfone groups is 1. The Bertz CT molecular complexity index is 558. The standard InChI is InChI=1S/C11H14F3NO2S/c1-6(3-4-15)7-5-8(12)11(18(2,16)17)10(14)9(7)13/h5-6H,3-4,15H2,1-2H3. The van der Waals surface area contributed by atoms with E-state index in [1.54, 1.807) is 6.92 Å². The van der Waals surface area contributed by atoms with Crippen molar-refractivity contribution in [3.05, 3.63) is 29.1 Å². The molecule has 0 bridgehead atoms. The molecule has 1 rings (SSSR count). The highest BCUT2D eigenvalue weighted by atomic mass is 32.2. The lowest BCUT2D eigenvalue weighted by molar-refractivity contribution is 0.443. The monoisotopic (exact) mass is 281 g/mol. The lowest BCUT2D eigenvalue weighted by Crippen LogP contribution is -2.12. The second kappa shape index (κ2) is 5.27. The molecule has 0 aliphatic heterocycles. The van der Waals surface area contributed by atoms with Gasteiger partial charge in [-0.05, 0) is 30.5 Å². The first kappa shape index (κ1) is 15.0. The zero-order valence-corrected chi connectivity index (χ0v) is 10.8. The van der Waals surface area contributed by atoms with Gasteiger partial charge in [0.15, 0.2) is 21.5 Å². The molecule has 0 saturated carbocycles. The molecule has 1 aromatic carbocycles. The van der Waals surface area contributed by atoms with Gasteiger partial charge in [0.05, 0.1) is 0 Å². The zero-order valence-electron chi connectivity index (χ0n) is 10.0. The third-order valence-corrected chi connectivity index (χ3v) is 3.76. The Balaban J connectivity index is 3.47. The van der Waals surface area contributed by atoms with E-state index in [0.29, 0.717) is 12.7 Å². The Kier molecular flexibility index (Phi) is 4.39. The summed E-state index contributed by atoms with van der Waals surface area (Å²) in [5.74, 6) is -4.78. The van der Waals surface area contributed by atoms with Gasteiger partial charge in [-0.1, -0.05) is 6.92 Å². The fourth-order valence-corrected chi connectivity index (χ4v) is 2.53. The first-order chi connectivity index (χ1) is 8.20. The van der Waals surface area contributed by atoms with Crippen LogP contribution in [0.1, 0.15) is 24.8 Å². The van der Waals surface area contributed by atoms with Crippen LogP contribution in [0.2, 0.25) is 0 Å². The van der Waals surface area contributed by atoms with E-state index in [2.05, 4.69) is 0 Å². The van der Waals surface area contributed by atoms with Crippen LogP contribution in [0.15, 0.2) is 11.0 Å². The Morgan fingerprint density at radius 2 is 1.83 bits per heavy atom. The molecular formula is C11H14F3NO2S. The van der Waals surface area contributed by atoms with Crippen LogP contribution in [0.3, 0.4) is 0 Å². The SMILES string of the molecule is CC(CCN)c1cc(F)c(S(C)(=O)=O)c(F)c1F. The summed E-state index contributed by atoms with van der Waals surface area (Å²) < 4.78 is 63.2. The van der Waals surface area contributed by atoms with Crippen molar-refractivity contribution in [1.29, 1.82) is 0 Å². The van der Waals surface area contributed by atoms with Gasteiger partial charge in [0, 0.05) is 6.26 Å². The van der Waals surface area contributed by atoms with E-state index in [1.165, 1.54) is 0 Å². The average Bonchev–Trinajstić information content (AvgIpc) is 2.21. The van der Waals surface area contributed by atoms with Crippen molar-refractivity contribution in [2.45, 2.75) is 24.2 Å². The minimum Gasteiger partial charge on any atom is -0.330 e. The number of nitrogens with two attached hydrogens (primary N) is 1. The molecule has 0 spiro atoms. The van der Waals surface area contributed by atoms with E-state index in [-0.39, 0.29) is 12.1 Å². The minimum atomic E-state index is -4.16. The fourth-order valence-electron chi connectivity index (χ4n) is 1.70. The van der Waals surface area contributed by atoms with Crippen LogP contribution >= 0.6 is 0 Å². The number of hydrogen-bond acceptors (Lipinski definition) is 3. The smallest absolute Gasteiger partial charge is 0.181 e. The van der Waals surface area contributed by atoms with E-state index >= 15 is 0 Å². The van der Waals surface area contributed by atoms with Crippen molar-refractivity contribution in [2.75, 3.05) is 12.8 Å². The number of hydrogen-bond donors (Lipinski definition) is 1.